The predicted octanol–water partition coefficient (Wildman–Crippen LogP) is 6.39. The van der Waals surface area contributed by atoms with Gasteiger partial charge in [0, 0.05) is 29.9 Å². The average molecular weight is 453 g/mol. The molecular weight excluding hydrogens is 412 g/mol. The highest BCUT2D eigenvalue weighted by molar-refractivity contribution is 5.83. The molecule has 4 heteroatoms. The molecule has 2 aliphatic rings. The summed E-state index contributed by atoms with van der Waals surface area (Å²) in [6.07, 6.45) is 10.9. The lowest BCUT2D eigenvalue weighted by Crippen LogP contribution is -2.19. The van der Waals surface area contributed by atoms with Crippen molar-refractivity contribution in [2.24, 2.45) is 5.92 Å². The van der Waals surface area contributed by atoms with Crippen molar-refractivity contribution >= 4 is 11.8 Å². The molecule has 0 unspecified atom stereocenters. The van der Waals surface area contributed by atoms with Crippen LogP contribution >= 0.6 is 0 Å². The molecule has 1 aromatic rings. The van der Waals surface area contributed by atoms with E-state index in [1.54, 1.807) is 6.08 Å². The van der Waals surface area contributed by atoms with Gasteiger partial charge in [-0.1, -0.05) is 58.4 Å². The van der Waals surface area contributed by atoms with Crippen molar-refractivity contribution in [2.75, 3.05) is 13.2 Å². The standard InChI is InChI=1S/C29H40O4/c1-7-9-10-24(30)14-12-21-16-23(17-25-27(21)33-19-28(25,4)5)29(6)18-22(29)13-11-20(3)15-26(31)32-8-2/h11,13,15-17,22H,7-10,12,14,18-19H2,1-6H3/b13-11+,20-15+/t22-,29+/m1/s1. The number of benzene rings is 1. The van der Waals surface area contributed by atoms with Crippen molar-refractivity contribution < 1.29 is 19.1 Å². The van der Waals surface area contributed by atoms with Crippen molar-refractivity contribution in [3.05, 3.63) is 52.6 Å². The minimum absolute atomic E-state index is 0.0259. The second kappa shape index (κ2) is 10.3. The van der Waals surface area contributed by atoms with Crippen LogP contribution in [-0.4, -0.2) is 25.0 Å². The van der Waals surface area contributed by atoms with Gasteiger partial charge in [0.1, 0.15) is 11.5 Å². The maximum absolute atomic E-state index is 12.3. The van der Waals surface area contributed by atoms with Crippen molar-refractivity contribution in [3.8, 4) is 5.75 Å². The van der Waals surface area contributed by atoms with E-state index in [4.69, 9.17) is 9.47 Å². The van der Waals surface area contributed by atoms with E-state index in [-0.39, 0.29) is 16.8 Å². The van der Waals surface area contributed by atoms with Gasteiger partial charge in [-0.15, -0.1) is 0 Å². The molecule has 0 amide bonds. The van der Waals surface area contributed by atoms with E-state index in [2.05, 4.69) is 45.9 Å². The van der Waals surface area contributed by atoms with Crippen LogP contribution in [0.5, 0.6) is 5.75 Å². The number of hydrogen-bond acceptors (Lipinski definition) is 4. The maximum Gasteiger partial charge on any atom is 0.330 e. The summed E-state index contributed by atoms with van der Waals surface area (Å²) in [5.41, 5.74) is 4.71. The van der Waals surface area contributed by atoms with Gasteiger partial charge in [-0.05, 0) is 61.1 Å². The molecule has 1 aliphatic heterocycles. The number of aryl methyl sites for hydroxylation is 1. The SMILES string of the molecule is CCCCC(=O)CCc1cc([C@@]2(C)C[C@H]2/C=C/C(C)=C/C(=O)OCC)cc2c1OCC2(C)C. The number of ether oxygens (including phenoxy) is 2. The van der Waals surface area contributed by atoms with Crippen LogP contribution in [0, 0.1) is 5.92 Å². The van der Waals surface area contributed by atoms with Gasteiger partial charge in [-0.3, -0.25) is 4.79 Å². The molecule has 0 radical (unpaired) electrons. The summed E-state index contributed by atoms with van der Waals surface area (Å²) in [6.45, 7) is 13.7. The van der Waals surface area contributed by atoms with Gasteiger partial charge in [0.25, 0.3) is 0 Å². The highest BCUT2D eigenvalue weighted by Crippen LogP contribution is 2.56. The molecule has 0 N–H and O–H groups in total. The van der Waals surface area contributed by atoms with Crippen molar-refractivity contribution in [1.82, 2.24) is 0 Å². The number of rotatable bonds is 11. The third kappa shape index (κ3) is 5.96. The zero-order valence-electron chi connectivity index (χ0n) is 21.3. The van der Waals surface area contributed by atoms with E-state index in [1.165, 1.54) is 16.7 Å². The Morgan fingerprint density at radius 3 is 2.64 bits per heavy atom. The molecular formula is C29H40O4. The average Bonchev–Trinajstić information content (AvgIpc) is 3.33. The highest BCUT2D eigenvalue weighted by Gasteiger charge is 2.50. The molecule has 1 aliphatic carbocycles. The fraction of sp³-hybridized carbons (Fsp3) is 0.586. The summed E-state index contributed by atoms with van der Waals surface area (Å²) in [5.74, 6) is 1.47. The van der Waals surface area contributed by atoms with Crippen LogP contribution < -0.4 is 4.74 Å². The first kappa shape index (κ1) is 25.3. The van der Waals surface area contributed by atoms with Gasteiger partial charge in [0.05, 0.1) is 13.2 Å². The molecule has 1 saturated carbocycles. The second-order valence-corrected chi connectivity index (χ2v) is 10.6. The number of ketones is 1. The summed E-state index contributed by atoms with van der Waals surface area (Å²) in [5, 5.41) is 0. The summed E-state index contributed by atoms with van der Waals surface area (Å²) in [6, 6.07) is 4.61. The van der Waals surface area contributed by atoms with Gasteiger partial charge in [-0.2, -0.15) is 0 Å². The van der Waals surface area contributed by atoms with Crippen molar-refractivity contribution in [2.45, 2.75) is 90.9 Å². The summed E-state index contributed by atoms with van der Waals surface area (Å²) < 4.78 is 11.1. The van der Waals surface area contributed by atoms with E-state index in [9.17, 15) is 9.59 Å². The van der Waals surface area contributed by atoms with Gasteiger partial charge in [-0.25, -0.2) is 4.79 Å². The van der Waals surface area contributed by atoms with Crippen molar-refractivity contribution in [1.29, 1.82) is 0 Å². The highest BCUT2D eigenvalue weighted by atomic mass is 16.5. The lowest BCUT2D eigenvalue weighted by atomic mass is 9.81. The lowest BCUT2D eigenvalue weighted by Gasteiger charge is -2.20. The number of unbranched alkanes of at least 4 members (excludes halogenated alkanes) is 1. The molecule has 0 saturated heterocycles. The minimum Gasteiger partial charge on any atom is -0.492 e. The molecule has 1 aromatic carbocycles. The van der Waals surface area contributed by atoms with E-state index >= 15 is 0 Å². The molecule has 4 nitrogen and oxygen atoms in total. The lowest BCUT2D eigenvalue weighted by molar-refractivity contribution is -0.137. The van der Waals surface area contributed by atoms with Gasteiger partial charge < -0.3 is 9.47 Å². The molecule has 33 heavy (non-hydrogen) atoms. The first-order valence-electron chi connectivity index (χ1n) is 12.5. The topological polar surface area (TPSA) is 52.6 Å². The Bertz CT molecular complexity index is 953. The van der Waals surface area contributed by atoms with Crippen LogP contribution in [0.3, 0.4) is 0 Å². The number of esters is 1. The van der Waals surface area contributed by atoms with Gasteiger partial charge in [0.15, 0.2) is 0 Å². The first-order valence-corrected chi connectivity index (χ1v) is 12.5. The zero-order chi connectivity index (χ0) is 24.2. The Balaban J connectivity index is 1.80. The fourth-order valence-corrected chi connectivity index (χ4v) is 4.68. The van der Waals surface area contributed by atoms with Gasteiger partial charge >= 0.3 is 5.97 Å². The monoisotopic (exact) mass is 452 g/mol. The largest absolute Gasteiger partial charge is 0.492 e. The Kier molecular flexibility index (Phi) is 7.87. The Morgan fingerprint density at radius 1 is 1.18 bits per heavy atom. The van der Waals surface area contributed by atoms with Crippen molar-refractivity contribution in [3.63, 3.8) is 0 Å². The quantitative estimate of drug-likeness (QED) is 0.222. The van der Waals surface area contributed by atoms with Crippen LogP contribution in [0.15, 0.2) is 35.9 Å². The van der Waals surface area contributed by atoms with E-state index in [0.717, 1.165) is 37.0 Å². The number of carbonyl (C=O) groups is 2. The molecule has 0 spiro atoms. The summed E-state index contributed by atoms with van der Waals surface area (Å²) >= 11 is 0. The number of fused-ring (bicyclic) bond motifs is 1. The van der Waals surface area contributed by atoms with E-state index in [0.29, 0.717) is 37.8 Å². The van der Waals surface area contributed by atoms with E-state index in [1.807, 2.05) is 19.9 Å². The van der Waals surface area contributed by atoms with Gasteiger partial charge in [0.2, 0.25) is 0 Å². The molecule has 3 rings (SSSR count). The van der Waals surface area contributed by atoms with Crippen LogP contribution in [0.25, 0.3) is 0 Å². The number of carbonyl (C=O) groups excluding carboxylic acids is 2. The Labute approximate surface area is 199 Å². The van der Waals surface area contributed by atoms with Crippen LogP contribution in [-0.2, 0) is 31.6 Å². The molecule has 1 fully saturated rings. The zero-order valence-corrected chi connectivity index (χ0v) is 21.3. The second-order valence-electron chi connectivity index (χ2n) is 10.6. The minimum atomic E-state index is -0.294. The fourth-order valence-electron chi connectivity index (χ4n) is 4.68. The first-order chi connectivity index (χ1) is 15.6. The number of Topliss-reactive ketones (excluding diaryl/α,β-unsaturated/α-hetero) is 1. The Hall–Kier alpha value is -2.36. The smallest absolute Gasteiger partial charge is 0.330 e. The maximum atomic E-state index is 12.3. The van der Waals surface area contributed by atoms with Crippen LogP contribution in [0.2, 0.25) is 0 Å². The molecule has 0 bridgehead atoms. The normalized spacial score (nSPS) is 23.3. The summed E-state index contributed by atoms with van der Waals surface area (Å²) in [7, 11) is 0. The molecule has 180 valence electrons. The predicted molar refractivity (Wildman–Crippen MR) is 133 cm³/mol. The third-order valence-electron chi connectivity index (χ3n) is 7.14. The van der Waals surface area contributed by atoms with Crippen LogP contribution in [0.4, 0.5) is 0 Å². The molecule has 0 aromatic heterocycles. The number of hydrogen-bond donors (Lipinski definition) is 0. The number of allylic oxidation sites excluding steroid dienone is 3. The van der Waals surface area contributed by atoms with Crippen LogP contribution in [0.1, 0.15) is 90.3 Å². The molecule has 1 heterocycles. The third-order valence-corrected chi connectivity index (χ3v) is 7.14. The Morgan fingerprint density at radius 2 is 1.94 bits per heavy atom. The van der Waals surface area contributed by atoms with E-state index < -0.39 is 0 Å². The summed E-state index contributed by atoms with van der Waals surface area (Å²) in [4.78, 5) is 24.0. The molecule has 2 atom stereocenters.